The molecule has 1 saturated heterocycles. The lowest BCUT2D eigenvalue weighted by Gasteiger charge is -2.26. The van der Waals surface area contributed by atoms with Gasteiger partial charge in [-0.3, -0.25) is 9.48 Å². The van der Waals surface area contributed by atoms with Gasteiger partial charge in [-0.05, 0) is 146 Å². The summed E-state index contributed by atoms with van der Waals surface area (Å²) in [4.78, 5) is 33.6. The second-order valence-electron chi connectivity index (χ2n) is 20.8. The minimum atomic E-state index is -0.706. The lowest BCUT2D eigenvalue weighted by atomic mass is 10.00. The molecule has 1 unspecified atom stereocenters. The Morgan fingerprint density at radius 1 is 0.646 bits per heavy atom. The molecule has 19 nitrogen and oxygen atoms in total. The van der Waals surface area contributed by atoms with E-state index < -0.39 is 5.97 Å². The number of nitrogens with zero attached hydrogens (tertiary/aromatic N) is 11. The summed E-state index contributed by atoms with van der Waals surface area (Å²) < 4.78 is 25.8. The van der Waals surface area contributed by atoms with Crippen LogP contribution in [-0.4, -0.2) is 92.4 Å². The Morgan fingerprint density at radius 2 is 1.13 bits per heavy atom. The van der Waals surface area contributed by atoms with Crippen LogP contribution in [0.15, 0.2) is 65.1 Å². The maximum absolute atomic E-state index is 9.93. The van der Waals surface area contributed by atoms with Crippen molar-refractivity contribution in [3.63, 3.8) is 0 Å². The molecule has 6 aromatic heterocycles. The zero-order valence-electron chi connectivity index (χ0n) is 53.4. The van der Waals surface area contributed by atoms with Crippen LogP contribution >= 0.6 is 0 Å². The third-order valence-corrected chi connectivity index (χ3v) is 10.4. The number of likely N-dealkylation sites (tertiary alicyclic amines) is 1. The van der Waals surface area contributed by atoms with Crippen molar-refractivity contribution in [2.75, 3.05) is 20.1 Å². The fraction of sp³-hybridized carbons (Fsp3) is 0.617. The van der Waals surface area contributed by atoms with Crippen LogP contribution in [0.5, 0.6) is 0 Å². The lowest BCUT2D eigenvalue weighted by Crippen LogP contribution is -2.28. The predicted octanol–water partition coefficient (Wildman–Crippen LogP) is 14.4. The number of carboxylic acids is 1. The van der Waals surface area contributed by atoms with Crippen molar-refractivity contribution < 1.29 is 37.0 Å². The molecule has 19 heteroatoms. The van der Waals surface area contributed by atoms with Gasteiger partial charge in [0.1, 0.15) is 23.6 Å². The van der Waals surface area contributed by atoms with Crippen LogP contribution in [0.4, 0.5) is 0 Å². The van der Waals surface area contributed by atoms with Crippen LogP contribution < -0.4 is 0 Å². The van der Waals surface area contributed by atoms with Crippen LogP contribution in [0.1, 0.15) is 176 Å². The molecule has 2 aliphatic rings. The number of hydrogen-bond acceptors (Lipinski definition) is 17. The summed E-state index contributed by atoms with van der Waals surface area (Å²) in [7, 11) is 4.05. The quantitative estimate of drug-likeness (QED) is 0.169. The van der Waals surface area contributed by atoms with Gasteiger partial charge in [0.25, 0.3) is 0 Å². The van der Waals surface area contributed by atoms with Gasteiger partial charge in [-0.25, -0.2) is 9.97 Å². The van der Waals surface area contributed by atoms with Gasteiger partial charge in [0, 0.05) is 53.9 Å². The standard InChI is InChI=1S/C8H10.C7H15N.C6H9NO.2C5H7NO.C5H10O2.C5H10.C4H7N3.2C4H6N2O.C4H10.C3H6O/c2*1-7-3-5-8(2)6-4-7;1-4-5(2)8-6(3)7-4;1-4-3-7-5(2)6-4;1-4-3-5(2)7-6-4;1-3-4(2)5(6)7;1-4-3-5(4)2;1-4-3-7(2)6-5-4;1-3-5-6-4(2)7-3;1-3-5-4(2)7-6-3;1-4(2)3;1-3(2)4/h3-6H,1-2H3;7H,3-6H2,1-2H3;1-3H3;2*3H,1-2H3;4H,3H2,1-2H3,(H,6,7);4-5H,3H2,1-2H3;3H,1-2H3;2*1-2H3;4H,1-3H3;1-2H3/t;;;;;4-;4-,5?;;;;;/m.....00...../s1. The van der Waals surface area contributed by atoms with E-state index in [1.54, 1.807) is 45.6 Å². The first-order valence-electron chi connectivity index (χ1n) is 27.1. The van der Waals surface area contributed by atoms with E-state index in [4.69, 9.17) is 22.9 Å². The fourth-order valence-electron chi connectivity index (χ4n) is 5.31. The number of carbonyl (C=O) groups is 2. The number of carboxylic acid groups (broad SMARTS) is 1. The highest BCUT2D eigenvalue weighted by Gasteiger charge is 2.26. The molecule has 7 heterocycles. The summed E-state index contributed by atoms with van der Waals surface area (Å²) in [5.74, 6) is 9.03. The molecule has 1 aliphatic heterocycles. The molecule has 1 aliphatic carbocycles. The van der Waals surface area contributed by atoms with Crippen LogP contribution in [0.2, 0.25) is 0 Å². The van der Waals surface area contributed by atoms with Crippen molar-refractivity contribution in [1.82, 2.24) is 55.4 Å². The predicted molar refractivity (Wildman–Crippen MR) is 315 cm³/mol. The summed E-state index contributed by atoms with van der Waals surface area (Å²) in [6, 6.07) is 10.4. The van der Waals surface area contributed by atoms with Crippen LogP contribution in [0.25, 0.3) is 0 Å². The number of aromatic nitrogens is 10. The van der Waals surface area contributed by atoms with Crippen molar-refractivity contribution >= 4 is 11.8 Å². The average Bonchev–Trinajstić information content (AvgIpc) is 4.06. The van der Waals surface area contributed by atoms with E-state index in [-0.39, 0.29) is 11.7 Å². The molecular formula is C60H103N11O8. The summed E-state index contributed by atoms with van der Waals surface area (Å²) in [6.07, 6.45) is 8.48. The molecule has 1 aromatic carbocycles. The third-order valence-electron chi connectivity index (χ3n) is 10.4. The van der Waals surface area contributed by atoms with E-state index in [0.717, 1.165) is 76.2 Å². The molecular weight excluding hydrogens is 1000 g/mol. The van der Waals surface area contributed by atoms with Crippen LogP contribution in [0.3, 0.4) is 0 Å². The van der Waals surface area contributed by atoms with Gasteiger partial charge in [-0.2, -0.15) is 4.98 Å². The van der Waals surface area contributed by atoms with E-state index in [9.17, 15) is 9.59 Å². The van der Waals surface area contributed by atoms with Crippen LogP contribution in [0, 0.1) is 127 Å². The molecule has 7 aromatic rings. The number of carbonyl (C=O) groups excluding carboxylic acids is 1. The molecule has 9 rings (SSSR count). The summed E-state index contributed by atoms with van der Waals surface area (Å²) >= 11 is 0. The smallest absolute Gasteiger partial charge is 0.306 e. The molecule has 0 bridgehead atoms. The van der Waals surface area contributed by atoms with Gasteiger partial charge in [-0.15, -0.1) is 15.3 Å². The molecule has 446 valence electrons. The molecule has 1 N–H and O–H groups in total. The number of aryl methyl sites for hydroxylation is 15. The molecule has 2 fully saturated rings. The number of Topliss-reactive ketones (excluding diaryl/α,β-unsaturated/α-hetero) is 1. The Labute approximate surface area is 474 Å². The van der Waals surface area contributed by atoms with E-state index >= 15 is 0 Å². The van der Waals surface area contributed by atoms with Gasteiger partial charge < -0.3 is 37.1 Å². The number of rotatable bonds is 2. The van der Waals surface area contributed by atoms with Crippen molar-refractivity contribution in [3.05, 3.63) is 123 Å². The summed E-state index contributed by atoms with van der Waals surface area (Å²) in [6.45, 7) is 49.0. The third kappa shape index (κ3) is 50.6. The van der Waals surface area contributed by atoms with E-state index in [1.165, 1.54) is 57.3 Å². The fourth-order valence-corrected chi connectivity index (χ4v) is 5.31. The number of aliphatic carboxylic acids is 1. The Hall–Kier alpha value is -6.63. The molecule has 79 heavy (non-hydrogen) atoms. The maximum atomic E-state index is 9.93. The van der Waals surface area contributed by atoms with E-state index in [0.29, 0.717) is 23.5 Å². The lowest BCUT2D eigenvalue weighted by molar-refractivity contribution is -0.141. The Bertz CT molecular complexity index is 2190. The minimum Gasteiger partial charge on any atom is -0.481 e. The topological polar surface area (TPSA) is 244 Å². The van der Waals surface area contributed by atoms with E-state index in [2.05, 4.69) is 142 Å². The highest BCUT2D eigenvalue weighted by molar-refractivity contribution is 5.72. The zero-order valence-corrected chi connectivity index (χ0v) is 53.4. The summed E-state index contributed by atoms with van der Waals surface area (Å²) in [5, 5.41) is 30.0. The second-order valence-corrected chi connectivity index (χ2v) is 20.8. The van der Waals surface area contributed by atoms with E-state index in [1.807, 2.05) is 81.6 Å². The van der Waals surface area contributed by atoms with Crippen molar-refractivity contribution in [3.8, 4) is 0 Å². The average molecular weight is 1110 g/mol. The van der Waals surface area contributed by atoms with Crippen LogP contribution in [-0.2, 0) is 16.6 Å². The molecule has 3 atom stereocenters. The first kappa shape index (κ1) is 76.6. The number of ketones is 1. The van der Waals surface area contributed by atoms with Crippen molar-refractivity contribution in [1.29, 1.82) is 0 Å². The van der Waals surface area contributed by atoms with Gasteiger partial charge in [0.15, 0.2) is 17.6 Å². The maximum Gasteiger partial charge on any atom is 0.306 e. The largest absolute Gasteiger partial charge is 0.481 e. The monoisotopic (exact) mass is 1110 g/mol. The Morgan fingerprint density at radius 3 is 1.27 bits per heavy atom. The van der Waals surface area contributed by atoms with Gasteiger partial charge in [-0.1, -0.05) is 106 Å². The minimum absolute atomic E-state index is 0.167. The first-order chi connectivity index (χ1) is 36.7. The van der Waals surface area contributed by atoms with Gasteiger partial charge in [0.05, 0.1) is 28.7 Å². The summed E-state index contributed by atoms with van der Waals surface area (Å²) in [5.41, 5.74) is 6.49. The normalized spacial score (nSPS) is 13.9. The molecule has 0 radical (unpaired) electrons. The Balaban J connectivity index is -0.000000802. The zero-order chi connectivity index (χ0) is 61.4. The van der Waals surface area contributed by atoms with Crippen molar-refractivity contribution in [2.45, 2.75) is 192 Å². The first-order valence-corrected chi connectivity index (χ1v) is 27.1. The molecule has 1 saturated carbocycles. The number of oxazole rings is 2. The highest BCUT2D eigenvalue weighted by atomic mass is 16.5. The number of benzene rings is 1. The molecule has 0 amide bonds. The molecule has 0 spiro atoms. The second kappa shape index (κ2) is 44.2. The van der Waals surface area contributed by atoms with Crippen molar-refractivity contribution in [2.24, 2.45) is 36.6 Å². The van der Waals surface area contributed by atoms with Gasteiger partial charge >= 0.3 is 5.97 Å². The number of hydrogen-bond donors (Lipinski definition) is 1. The van der Waals surface area contributed by atoms with Gasteiger partial charge in [0.2, 0.25) is 17.7 Å². The Kier molecular flexibility index (Phi) is 42.9. The highest BCUT2D eigenvalue weighted by Crippen LogP contribution is 2.36. The SMILES string of the molecule is CC(C)=O.CC(C)C.CC1CCN(C)CC1.CC1C[C@@H]1C.CC[C@H](C)C(=O)O.Cc1cc(C)on1.Cc1ccc(C)cc1.Cc1cn(C)nn1.Cc1coc(C)n1.Cc1nc(C)c(C)o1.Cc1nnc(C)o1.Cc1noc(C)n1. The number of piperidine rings is 1.